The summed E-state index contributed by atoms with van der Waals surface area (Å²) in [6, 6.07) is 6.78. The lowest BCUT2D eigenvalue weighted by Gasteiger charge is -2.17. The van der Waals surface area contributed by atoms with Crippen molar-refractivity contribution in [1.82, 2.24) is 15.3 Å². The van der Waals surface area contributed by atoms with Crippen LogP contribution in [-0.4, -0.2) is 33.0 Å². The molecule has 1 aromatic heterocycles. The van der Waals surface area contributed by atoms with Crippen molar-refractivity contribution < 1.29 is 14.7 Å². The van der Waals surface area contributed by atoms with Gasteiger partial charge in [-0.25, -0.2) is 9.78 Å². The van der Waals surface area contributed by atoms with Crippen LogP contribution in [0.15, 0.2) is 24.3 Å². The molecule has 0 aliphatic carbocycles. The van der Waals surface area contributed by atoms with E-state index < -0.39 is 12.0 Å². The largest absolute Gasteiger partial charge is 0.480 e. The SMILES string of the molecule is CC(C)[C@H](NC(=O)CCc1nc2ccccc2[nH]1)C(=O)O. The van der Waals surface area contributed by atoms with E-state index in [2.05, 4.69) is 15.3 Å². The van der Waals surface area contributed by atoms with Gasteiger partial charge in [-0.15, -0.1) is 0 Å². The Morgan fingerprint density at radius 1 is 1.33 bits per heavy atom. The first-order valence-electron chi connectivity index (χ1n) is 6.93. The second kappa shape index (κ2) is 6.39. The second-order valence-corrected chi connectivity index (χ2v) is 5.33. The van der Waals surface area contributed by atoms with Crippen molar-refractivity contribution in [1.29, 1.82) is 0 Å². The average Bonchev–Trinajstić information content (AvgIpc) is 2.84. The number of carboxylic acid groups (broad SMARTS) is 1. The predicted molar refractivity (Wildman–Crippen MR) is 78.8 cm³/mol. The molecule has 0 aliphatic rings. The lowest BCUT2D eigenvalue weighted by molar-refractivity contribution is -0.143. The predicted octanol–water partition coefficient (Wildman–Crippen LogP) is 1.72. The third-order valence-electron chi connectivity index (χ3n) is 3.28. The quantitative estimate of drug-likeness (QED) is 0.754. The van der Waals surface area contributed by atoms with E-state index in [1.54, 1.807) is 13.8 Å². The molecule has 0 spiro atoms. The van der Waals surface area contributed by atoms with Crippen LogP contribution in [0.3, 0.4) is 0 Å². The lowest BCUT2D eigenvalue weighted by Crippen LogP contribution is -2.44. The highest BCUT2D eigenvalue weighted by molar-refractivity contribution is 5.83. The number of imidazole rings is 1. The highest BCUT2D eigenvalue weighted by atomic mass is 16.4. The van der Waals surface area contributed by atoms with Gasteiger partial charge in [0.05, 0.1) is 11.0 Å². The summed E-state index contributed by atoms with van der Waals surface area (Å²) in [6.07, 6.45) is 0.654. The molecule has 0 aliphatic heterocycles. The van der Waals surface area contributed by atoms with Crippen LogP contribution in [0.25, 0.3) is 11.0 Å². The van der Waals surface area contributed by atoms with Gasteiger partial charge in [0.1, 0.15) is 11.9 Å². The van der Waals surface area contributed by atoms with Crippen LogP contribution in [0.4, 0.5) is 0 Å². The van der Waals surface area contributed by atoms with E-state index in [0.717, 1.165) is 16.9 Å². The Morgan fingerprint density at radius 3 is 2.67 bits per heavy atom. The monoisotopic (exact) mass is 289 g/mol. The molecule has 2 aromatic rings. The van der Waals surface area contributed by atoms with Gasteiger partial charge < -0.3 is 15.4 Å². The maximum atomic E-state index is 11.8. The summed E-state index contributed by atoms with van der Waals surface area (Å²) in [5.74, 6) is -0.723. The summed E-state index contributed by atoms with van der Waals surface area (Å²) in [6.45, 7) is 3.52. The molecule has 0 radical (unpaired) electrons. The number of nitrogens with one attached hydrogen (secondary N) is 2. The molecule has 112 valence electrons. The maximum absolute atomic E-state index is 11.8. The number of aromatic amines is 1. The zero-order chi connectivity index (χ0) is 15.4. The van der Waals surface area contributed by atoms with Gasteiger partial charge in [0.15, 0.2) is 0 Å². The van der Waals surface area contributed by atoms with Crippen LogP contribution in [0, 0.1) is 5.92 Å². The molecular weight excluding hydrogens is 270 g/mol. The zero-order valence-corrected chi connectivity index (χ0v) is 12.1. The number of hydrogen-bond donors (Lipinski definition) is 3. The molecule has 6 nitrogen and oxygen atoms in total. The smallest absolute Gasteiger partial charge is 0.326 e. The third kappa shape index (κ3) is 3.81. The summed E-state index contributed by atoms with van der Waals surface area (Å²) >= 11 is 0. The molecule has 1 heterocycles. The average molecular weight is 289 g/mol. The van der Waals surface area contributed by atoms with Crippen LogP contribution < -0.4 is 5.32 Å². The third-order valence-corrected chi connectivity index (χ3v) is 3.28. The van der Waals surface area contributed by atoms with Gasteiger partial charge in [0.2, 0.25) is 5.91 Å². The summed E-state index contributed by atoms with van der Waals surface area (Å²) in [5, 5.41) is 11.6. The molecule has 6 heteroatoms. The van der Waals surface area contributed by atoms with E-state index in [1.807, 2.05) is 24.3 Å². The number of carbonyl (C=O) groups is 2. The van der Waals surface area contributed by atoms with Crippen molar-refractivity contribution in [2.75, 3.05) is 0 Å². The van der Waals surface area contributed by atoms with Gasteiger partial charge in [-0.2, -0.15) is 0 Å². The fourth-order valence-electron chi connectivity index (χ4n) is 2.12. The van der Waals surface area contributed by atoms with Crippen LogP contribution in [-0.2, 0) is 16.0 Å². The molecule has 0 unspecified atom stereocenters. The highest BCUT2D eigenvalue weighted by Gasteiger charge is 2.23. The molecule has 0 bridgehead atoms. The highest BCUT2D eigenvalue weighted by Crippen LogP contribution is 2.11. The van der Waals surface area contributed by atoms with Crippen LogP contribution in [0.2, 0.25) is 0 Å². The Morgan fingerprint density at radius 2 is 2.05 bits per heavy atom. The minimum Gasteiger partial charge on any atom is -0.480 e. The number of nitrogens with zero attached hydrogens (tertiary/aromatic N) is 1. The Hall–Kier alpha value is -2.37. The fourth-order valence-corrected chi connectivity index (χ4v) is 2.12. The van der Waals surface area contributed by atoms with Crippen molar-refractivity contribution >= 4 is 22.9 Å². The molecule has 1 amide bonds. The second-order valence-electron chi connectivity index (χ2n) is 5.33. The van der Waals surface area contributed by atoms with Crippen LogP contribution in [0.5, 0.6) is 0 Å². The Kier molecular flexibility index (Phi) is 4.57. The van der Waals surface area contributed by atoms with E-state index in [-0.39, 0.29) is 18.2 Å². The Balaban J connectivity index is 1.93. The minimum atomic E-state index is -1.01. The molecule has 21 heavy (non-hydrogen) atoms. The van der Waals surface area contributed by atoms with E-state index in [1.165, 1.54) is 0 Å². The van der Waals surface area contributed by atoms with Crippen LogP contribution in [0.1, 0.15) is 26.1 Å². The van der Waals surface area contributed by atoms with Gasteiger partial charge in [0, 0.05) is 12.8 Å². The first-order chi connectivity index (χ1) is 9.97. The fraction of sp³-hybridized carbons (Fsp3) is 0.400. The molecule has 0 fully saturated rings. The topological polar surface area (TPSA) is 95.1 Å². The molecule has 0 saturated heterocycles. The molecule has 2 rings (SSSR count). The molecule has 0 saturated carbocycles. The number of benzene rings is 1. The minimum absolute atomic E-state index is 0.155. The van der Waals surface area contributed by atoms with Crippen molar-refractivity contribution in [3.8, 4) is 0 Å². The van der Waals surface area contributed by atoms with E-state index in [0.29, 0.717) is 6.42 Å². The summed E-state index contributed by atoms with van der Waals surface area (Å²) in [7, 11) is 0. The number of fused-ring (bicyclic) bond motifs is 1. The van der Waals surface area contributed by atoms with Crippen molar-refractivity contribution in [2.24, 2.45) is 5.92 Å². The van der Waals surface area contributed by atoms with E-state index >= 15 is 0 Å². The van der Waals surface area contributed by atoms with Gasteiger partial charge in [-0.05, 0) is 18.1 Å². The summed E-state index contributed by atoms with van der Waals surface area (Å²) < 4.78 is 0. The maximum Gasteiger partial charge on any atom is 0.326 e. The number of hydrogen-bond acceptors (Lipinski definition) is 3. The van der Waals surface area contributed by atoms with Gasteiger partial charge in [-0.1, -0.05) is 26.0 Å². The standard InChI is InChI=1S/C15H19N3O3/c1-9(2)14(15(20)21)18-13(19)8-7-12-16-10-5-3-4-6-11(10)17-12/h3-6,9,14H,7-8H2,1-2H3,(H,16,17)(H,18,19)(H,20,21)/t14-/m0/s1. The number of aromatic nitrogens is 2. The number of para-hydroxylation sites is 2. The van der Waals surface area contributed by atoms with Crippen molar-refractivity contribution in [3.05, 3.63) is 30.1 Å². The van der Waals surface area contributed by atoms with Gasteiger partial charge in [0.25, 0.3) is 0 Å². The first-order valence-corrected chi connectivity index (χ1v) is 6.93. The van der Waals surface area contributed by atoms with Gasteiger partial charge >= 0.3 is 5.97 Å². The molecule has 1 aromatic carbocycles. The number of carbonyl (C=O) groups excluding carboxylic acids is 1. The van der Waals surface area contributed by atoms with Crippen molar-refractivity contribution in [2.45, 2.75) is 32.7 Å². The summed E-state index contributed by atoms with van der Waals surface area (Å²) in [5.41, 5.74) is 1.79. The van der Waals surface area contributed by atoms with E-state index in [9.17, 15) is 9.59 Å². The molecule has 3 N–H and O–H groups in total. The number of aryl methyl sites for hydroxylation is 1. The number of H-pyrrole nitrogens is 1. The number of rotatable bonds is 6. The Bertz CT molecular complexity index is 615. The zero-order valence-electron chi connectivity index (χ0n) is 12.1. The van der Waals surface area contributed by atoms with E-state index in [4.69, 9.17) is 5.11 Å². The molecule has 1 atom stereocenters. The molecular formula is C15H19N3O3. The summed E-state index contributed by atoms with van der Waals surface area (Å²) in [4.78, 5) is 30.4. The van der Waals surface area contributed by atoms with Gasteiger partial charge in [-0.3, -0.25) is 4.79 Å². The first kappa shape index (κ1) is 15.0. The number of amides is 1. The lowest BCUT2D eigenvalue weighted by atomic mass is 10.0. The van der Waals surface area contributed by atoms with Crippen LogP contribution >= 0.6 is 0 Å². The number of carboxylic acids is 1. The van der Waals surface area contributed by atoms with Crippen molar-refractivity contribution in [3.63, 3.8) is 0 Å². The Labute approximate surface area is 122 Å². The number of aliphatic carboxylic acids is 1. The normalized spacial score (nSPS) is 12.5.